The summed E-state index contributed by atoms with van der Waals surface area (Å²) in [5, 5.41) is 9.05. The van der Waals surface area contributed by atoms with Gasteiger partial charge in [-0.2, -0.15) is 10.2 Å². The molecule has 5 nitrogen and oxygen atoms in total. The highest BCUT2D eigenvalue weighted by Gasteiger charge is 2.19. The predicted molar refractivity (Wildman–Crippen MR) is 78.3 cm³/mol. The smallest absolute Gasteiger partial charge is 0.0644 e. The monoisotopic (exact) mass is 273 g/mol. The molecule has 2 aromatic rings. The summed E-state index contributed by atoms with van der Waals surface area (Å²) in [6.07, 6.45) is 8.04. The van der Waals surface area contributed by atoms with Crippen molar-refractivity contribution in [1.82, 2.24) is 19.6 Å². The van der Waals surface area contributed by atoms with E-state index in [0.29, 0.717) is 6.04 Å². The highest BCUT2D eigenvalue weighted by Crippen LogP contribution is 2.29. The lowest BCUT2D eigenvalue weighted by Crippen LogP contribution is -2.17. The van der Waals surface area contributed by atoms with Gasteiger partial charge < -0.3 is 5.73 Å². The Hall–Kier alpha value is -1.62. The van der Waals surface area contributed by atoms with Crippen LogP contribution >= 0.6 is 0 Å². The van der Waals surface area contributed by atoms with Crippen LogP contribution in [0.15, 0.2) is 18.3 Å². The Morgan fingerprint density at radius 1 is 1.35 bits per heavy atom. The molecule has 1 aliphatic rings. The van der Waals surface area contributed by atoms with Crippen LogP contribution in [0.5, 0.6) is 0 Å². The lowest BCUT2D eigenvalue weighted by molar-refractivity contribution is 0.460. The van der Waals surface area contributed by atoms with Gasteiger partial charge in [-0.15, -0.1) is 0 Å². The molecule has 0 aliphatic heterocycles. The minimum absolute atomic E-state index is 0.0480. The zero-order chi connectivity index (χ0) is 14.1. The molecule has 0 aromatic carbocycles. The summed E-state index contributed by atoms with van der Waals surface area (Å²) in [5.74, 6) is 0. The zero-order valence-corrected chi connectivity index (χ0v) is 12.3. The normalized spacial score (nSPS) is 17.8. The average Bonchev–Trinajstić information content (AvgIpc) is 3.09. The van der Waals surface area contributed by atoms with Crippen molar-refractivity contribution in [2.75, 3.05) is 0 Å². The van der Waals surface area contributed by atoms with Crippen molar-refractivity contribution in [3.05, 3.63) is 35.4 Å². The number of rotatable bonds is 4. The van der Waals surface area contributed by atoms with E-state index in [4.69, 9.17) is 10.8 Å². The summed E-state index contributed by atoms with van der Waals surface area (Å²) in [4.78, 5) is 0. The van der Waals surface area contributed by atoms with Crippen LogP contribution in [0, 0.1) is 6.92 Å². The van der Waals surface area contributed by atoms with Gasteiger partial charge in [0.05, 0.1) is 29.2 Å². The van der Waals surface area contributed by atoms with Gasteiger partial charge in [0.1, 0.15) is 0 Å². The first kappa shape index (κ1) is 13.4. The van der Waals surface area contributed by atoms with E-state index in [2.05, 4.69) is 28.1 Å². The van der Waals surface area contributed by atoms with E-state index < -0.39 is 0 Å². The van der Waals surface area contributed by atoms with Gasteiger partial charge in [-0.05, 0) is 31.9 Å². The number of nitrogens with zero attached hydrogens (tertiary/aromatic N) is 4. The van der Waals surface area contributed by atoms with E-state index in [-0.39, 0.29) is 6.04 Å². The minimum atomic E-state index is -0.0480. The molecule has 1 aliphatic carbocycles. The van der Waals surface area contributed by atoms with Crippen molar-refractivity contribution >= 4 is 0 Å². The van der Waals surface area contributed by atoms with E-state index in [1.54, 1.807) is 0 Å². The van der Waals surface area contributed by atoms with Crippen LogP contribution in [0.1, 0.15) is 54.8 Å². The van der Waals surface area contributed by atoms with Crippen molar-refractivity contribution in [2.24, 2.45) is 12.8 Å². The summed E-state index contributed by atoms with van der Waals surface area (Å²) < 4.78 is 4.00. The molecule has 108 valence electrons. The van der Waals surface area contributed by atoms with Crippen molar-refractivity contribution < 1.29 is 0 Å². The Labute approximate surface area is 119 Å². The minimum Gasteiger partial charge on any atom is -0.322 e. The van der Waals surface area contributed by atoms with Crippen LogP contribution < -0.4 is 5.73 Å². The molecule has 5 heteroatoms. The maximum absolute atomic E-state index is 6.29. The second-order valence-electron chi connectivity index (χ2n) is 5.87. The first-order valence-electron chi connectivity index (χ1n) is 7.43. The standard InChI is InChI=1S/C15H23N5/c1-11-9-15(19(2)17-11)14(16)10-12-7-8-20(18-12)13-5-3-4-6-13/h7-9,13-14H,3-6,10,16H2,1-2H3. The Bertz CT molecular complexity index is 577. The number of hydrogen-bond acceptors (Lipinski definition) is 3. The van der Waals surface area contributed by atoms with E-state index in [9.17, 15) is 0 Å². The largest absolute Gasteiger partial charge is 0.322 e. The highest BCUT2D eigenvalue weighted by atomic mass is 15.3. The second-order valence-corrected chi connectivity index (χ2v) is 5.87. The zero-order valence-electron chi connectivity index (χ0n) is 12.3. The molecule has 1 unspecified atom stereocenters. The molecule has 2 heterocycles. The molecule has 0 radical (unpaired) electrons. The molecule has 2 aromatic heterocycles. The Morgan fingerprint density at radius 2 is 2.10 bits per heavy atom. The van der Waals surface area contributed by atoms with Crippen molar-refractivity contribution in [1.29, 1.82) is 0 Å². The SMILES string of the molecule is Cc1cc(C(N)Cc2ccn(C3CCCC3)n2)n(C)n1. The van der Waals surface area contributed by atoms with Gasteiger partial charge >= 0.3 is 0 Å². The second kappa shape index (κ2) is 5.40. The lowest BCUT2D eigenvalue weighted by atomic mass is 10.1. The molecule has 0 saturated heterocycles. The number of hydrogen-bond donors (Lipinski definition) is 1. The summed E-state index contributed by atoms with van der Waals surface area (Å²) in [6, 6.07) is 4.70. The Kier molecular flexibility index (Phi) is 3.61. The van der Waals surface area contributed by atoms with Gasteiger partial charge in [-0.1, -0.05) is 12.8 Å². The summed E-state index contributed by atoms with van der Waals surface area (Å²) in [5.41, 5.74) is 9.44. The van der Waals surface area contributed by atoms with Crippen LogP contribution in [0.4, 0.5) is 0 Å². The van der Waals surface area contributed by atoms with E-state index in [0.717, 1.165) is 23.5 Å². The van der Waals surface area contributed by atoms with Gasteiger partial charge in [-0.3, -0.25) is 9.36 Å². The first-order chi connectivity index (χ1) is 9.63. The van der Waals surface area contributed by atoms with E-state index >= 15 is 0 Å². The van der Waals surface area contributed by atoms with Gasteiger partial charge in [0, 0.05) is 19.7 Å². The molecule has 1 atom stereocenters. The lowest BCUT2D eigenvalue weighted by Gasteiger charge is -2.11. The number of nitrogens with two attached hydrogens (primary N) is 1. The number of aromatic nitrogens is 4. The van der Waals surface area contributed by atoms with Crippen LogP contribution in [0.2, 0.25) is 0 Å². The van der Waals surface area contributed by atoms with E-state index in [1.807, 2.05) is 18.7 Å². The van der Waals surface area contributed by atoms with Crippen LogP contribution in [-0.4, -0.2) is 19.6 Å². The molecule has 3 rings (SSSR count). The quantitative estimate of drug-likeness (QED) is 0.929. The third-order valence-electron chi connectivity index (χ3n) is 4.21. The van der Waals surface area contributed by atoms with Gasteiger partial charge in [0.25, 0.3) is 0 Å². The van der Waals surface area contributed by atoms with E-state index in [1.165, 1.54) is 25.7 Å². The van der Waals surface area contributed by atoms with Crippen molar-refractivity contribution in [3.63, 3.8) is 0 Å². The topological polar surface area (TPSA) is 61.7 Å². The van der Waals surface area contributed by atoms with Gasteiger partial charge in [0.2, 0.25) is 0 Å². The highest BCUT2D eigenvalue weighted by molar-refractivity contribution is 5.15. The van der Waals surface area contributed by atoms with Gasteiger partial charge in [0.15, 0.2) is 0 Å². The van der Waals surface area contributed by atoms with Crippen molar-refractivity contribution in [3.8, 4) is 0 Å². The third kappa shape index (κ3) is 2.63. The van der Waals surface area contributed by atoms with Crippen LogP contribution in [-0.2, 0) is 13.5 Å². The molecule has 1 saturated carbocycles. The fraction of sp³-hybridized carbons (Fsp3) is 0.600. The molecule has 0 spiro atoms. The summed E-state index contributed by atoms with van der Waals surface area (Å²) in [7, 11) is 1.94. The van der Waals surface area contributed by atoms with Crippen LogP contribution in [0.3, 0.4) is 0 Å². The molecule has 2 N–H and O–H groups in total. The average molecular weight is 273 g/mol. The fourth-order valence-corrected chi connectivity index (χ4v) is 3.17. The molecule has 0 amide bonds. The fourth-order valence-electron chi connectivity index (χ4n) is 3.17. The molecule has 20 heavy (non-hydrogen) atoms. The summed E-state index contributed by atoms with van der Waals surface area (Å²) in [6.45, 7) is 1.99. The first-order valence-corrected chi connectivity index (χ1v) is 7.43. The third-order valence-corrected chi connectivity index (χ3v) is 4.21. The Balaban J connectivity index is 1.69. The maximum Gasteiger partial charge on any atom is 0.0644 e. The summed E-state index contributed by atoms with van der Waals surface area (Å²) >= 11 is 0. The number of aryl methyl sites for hydroxylation is 2. The van der Waals surface area contributed by atoms with Crippen LogP contribution in [0.25, 0.3) is 0 Å². The Morgan fingerprint density at radius 3 is 2.75 bits per heavy atom. The molecule has 0 bridgehead atoms. The molecular weight excluding hydrogens is 250 g/mol. The van der Waals surface area contributed by atoms with Gasteiger partial charge in [-0.25, -0.2) is 0 Å². The maximum atomic E-state index is 6.29. The molecular formula is C15H23N5. The predicted octanol–water partition coefficient (Wildman–Crippen LogP) is 2.28. The molecule has 1 fully saturated rings. The van der Waals surface area contributed by atoms with Crippen molar-refractivity contribution in [2.45, 2.75) is 51.1 Å².